The van der Waals surface area contributed by atoms with Crippen LogP contribution < -0.4 is 5.56 Å². The van der Waals surface area contributed by atoms with E-state index in [-0.39, 0.29) is 25.1 Å². The molecule has 0 saturated heterocycles. The summed E-state index contributed by atoms with van der Waals surface area (Å²) in [6.07, 6.45) is 3.16. The molecular formula is C17H19BrN2O5S. The lowest BCUT2D eigenvalue weighted by Crippen LogP contribution is -2.46. The molecule has 0 N–H and O–H groups in total. The average Bonchev–Trinajstić information content (AvgIpc) is 2.56. The van der Waals surface area contributed by atoms with Crippen LogP contribution in [-0.4, -0.2) is 41.5 Å². The summed E-state index contributed by atoms with van der Waals surface area (Å²) in [5.41, 5.74) is 0.196. The molecule has 1 aromatic carbocycles. The SMILES string of the molecule is C=C[C@@](CCn1cnc2cc(Br)ccc2c1=O)(C(=O)OCC)S(C)(=O)=O. The lowest BCUT2D eigenvalue weighted by Gasteiger charge is -2.26. The van der Waals surface area contributed by atoms with Crippen molar-refractivity contribution in [3.8, 4) is 0 Å². The normalized spacial score (nSPS) is 14.0. The molecule has 0 amide bonds. The first-order chi connectivity index (χ1) is 12.2. The van der Waals surface area contributed by atoms with Crippen LogP contribution in [0, 0.1) is 0 Å². The van der Waals surface area contributed by atoms with Crippen molar-refractivity contribution in [2.45, 2.75) is 24.6 Å². The zero-order chi connectivity index (χ0) is 19.5. The van der Waals surface area contributed by atoms with E-state index in [1.54, 1.807) is 25.1 Å². The summed E-state index contributed by atoms with van der Waals surface area (Å²) >= 11 is 3.32. The van der Waals surface area contributed by atoms with E-state index in [0.29, 0.717) is 10.9 Å². The second-order valence-corrected chi connectivity index (χ2v) is 8.93. The number of carbonyl (C=O) groups excluding carboxylic acids is 1. The molecule has 0 spiro atoms. The summed E-state index contributed by atoms with van der Waals surface area (Å²) < 4.78 is 29.6. The Bertz CT molecular complexity index is 1020. The molecule has 1 aromatic heterocycles. The highest BCUT2D eigenvalue weighted by molar-refractivity contribution is 9.10. The van der Waals surface area contributed by atoms with E-state index < -0.39 is 20.6 Å². The Morgan fingerprint density at radius 2 is 2.15 bits per heavy atom. The molecule has 9 heteroatoms. The smallest absolute Gasteiger partial charge is 0.331 e. The average molecular weight is 443 g/mol. The molecule has 0 aliphatic rings. The van der Waals surface area contributed by atoms with Crippen LogP contribution in [0.2, 0.25) is 0 Å². The number of benzene rings is 1. The van der Waals surface area contributed by atoms with Gasteiger partial charge >= 0.3 is 5.97 Å². The fourth-order valence-corrected chi connectivity index (χ4v) is 4.08. The molecule has 2 rings (SSSR count). The van der Waals surface area contributed by atoms with E-state index >= 15 is 0 Å². The Labute approximate surface area is 159 Å². The Hall–Kier alpha value is -2.00. The van der Waals surface area contributed by atoms with Crippen molar-refractivity contribution in [3.63, 3.8) is 0 Å². The first kappa shape index (κ1) is 20.3. The minimum absolute atomic E-state index is 0.0320. The third kappa shape index (κ3) is 3.73. The number of halogens is 1. The molecular weight excluding hydrogens is 424 g/mol. The molecule has 0 unspecified atom stereocenters. The molecule has 140 valence electrons. The highest BCUT2D eigenvalue weighted by atomic mass is 79.9. The van der Waals surface area contributed by atoms with E-state index in [1.165, 1.54) is 10.9 Å². The maximum Gasteiger partial charge on any atom is 0.331 e. The summed E-state index contributed by atoms with van der Waals surface area (Å²) in [6.45, 7) is 5.10. The molecule has 2 aromatic rings. The molecule has 0 saturated carbocycles. The zero-order valence-corrected chi connectivity index (χ0v) is 16.8. The monoisotopic (exact) mass is 442 g/mol. The largest absolute Gasteiger partial charge is 0.465 e. The number of sulfone groups is 1. The fourth-order valence-electron chi connectivity index (χ4n) is 2.61. The Morgan fingerprint density at radius 3 is 2.73 bits per heavy atom. The Morgan fingerprint density at radius 1 is 1.46 bits per heavy atom. The van der Waals surface area contributed by atoms with E-state index in [2.05, 4.69) is 27.5 Å². The second kappa shape index (κ2) is 7.71. The number of hydrogen-bond donors (Lipinski definition) is 0. The van der Waals surface area contributed by atoms with E-state index in [9.17, 15) is 18.0 Å². The minimum atomic E-state index is -3.86. The van der Waals surface area contributed by atoms with Gasteiger partial charge in [-0.3, -0.25) is 9.36 Å². The number of aromatic nitrogens is 2. The van der Waals surface area contributed by atoms with Crippen LogP contribution in [-0.2, 0) is 25.9 Å². The van der Waals surface area contributed by atoms with E-state index in [1.807, 2.05) is 0 Å². The molecule has 0 bridgehead atoms. The van der Waals surface area contributed by atoms with Gasteiger partial charge in [-0.1, -0.05) is 22.0 Å². The number of ether oxygens (including phenoxy) is 1. The highest BCUT2D eigenvalue weighted by Crippen LogP contribution is 2.26. The number of hydrogen-bond acceptors (Lipinski definition) is 6. The van der Waals surface area contributed by atoms with Gasteiger partial charge in [0.2, 0.25) is 0 Å². The van der Waals surface area contributed by atoms with Crippen molar-refractivity contribution in [1.82, 2.24) is 9.55 Å². The molecule has 7 nitrogen and oxygen atoms in total. The maximum atomic E-state index is 12.6. The Kier molecular flexibility index (Phi) is 6.02. The van der Waals surface area contributed by atoms with Crippen LogP contribution in [0.1, 0.15) is 13.3 Å². The predicted octanol–water partition coefficient (Wildman–Crippen LogP) is 2.08. The topological polar surface area (TPSA) is 95.3 Å². The fraction of sp³-hybridized carbons (Fsp3) is 0.353. The summed E-state index contributed by atoms with van der Waals surface area (Å²) in [6, 6.07) is 5.07. The third-order valence-electron chi connectivity index (χ3n) is 4.12. The molecule has 1 heterocycles. The van der Waals surface area contributed by atoms with Crippen LogP contribution in [0.4, 0.5) is 0 Å². The number of rotatable bonds is 7. The second-order valence-electron chi connectivity index (χ2n) is 5.74. The quantitative estimate of drug-likeness (QED) is 0.481. The van der Waals surface area contributed by atoms with Gasteiger partial charge in [0, 0.05) is 17.3 Å². The molecule has 26 heavy (non-hydrogen) atoms. The van der Waals surface area contributed by atoms with Crippen molar-refractivity contribution < 1.29 is 17.9 Å². The number of carbonyl (C=O) groups is 1. The lowest BCUT2D eigenvalue weighted by molar-refractivity contribution is -0.145. The van der Waals surface area contributed by atoms with Gasteiger partial charge in [0.1, 0.15) is 0 Å². The number of esters is 1. The van der Waals surface area contributed by atoms with Crippen LogP contribution in [0.5, 0.6) is 0 Å². The minimum Gasteiger partial charge on any atom is -0.465 e. The molecule has 0 aliphatic carbocycles. The van der Waals surface area contributed by atoms with Gasteiger partial charge in [-0.05, 0) is 31.5 Å². The predicted molar refractivity (Wildman–Crippen MR) is 103 cm³/mol. The van der Waals surface area contributed by atoms with E-state index in [4.69, 9.17) is 4.74 Å². The van der Waals surface area contributed by atoms with Gasteiger partial charge in [-0.2, -0.15) is 0 Å². The summed E-state index contributed by atoms with van der Waals surface area (Å²) in [7, 11) is -3.86. The highest BCUT2D eigenvalue weighted by Gasteiger charge is 2.46. The first-order valence-corrected chi connectivity index (χ1v) is 10.5. The Balaban J connectivity index is 2.43. The van der Waals surface area contributed by atoms with Crippen molar-refractivity contribution in [3.05, 3.63) is 52.0 Å². The number of fused-ring (bicyclic) bond motifs is 1. The van der Waals surface area contributed by atoms with Gasteiger partial charge in [-0.25, -0.2) is 18.2 Å². The van der Waals surface area contributed by atoms with Gasteiger partial charge in [0.25, 0.3) is 5.56 Å². The maximum absolute atomic E-state index is 12.6. The number of nitrogens with zero attached hydrogens (tertiary/aromatic N) is 2. The van der Waals surface area contributed by atoms with Crippen LogP contribution in [0.3, 0.4) is 0 Å². The molecule has 0 fully saturated rings. The first-order valence-electron chi connectivity index (χ1n) is 7.81. The van der Waals surface area contributed by atoms with Gasteiger partial charge in [-0.15, -0.1) is 6.58 Å². The molecule has 0 aliphatic heterocycles. The molecule has 1 atom stereocenters. The zero-order valence-electron chi connectivity index (χ0n) is 14.4. The molecule has 0 radical (unpaired) electrons. The number of aryl methyl sites for hydroxylation is 1. The lowest BCUT2D eigenvalue weighted by atomic mass is 10.0. The van der Waals surface area contributed by atoms with Crippen molar-refractivity contribution >= 4 is 42.6 Å². The summed E-state index contributed by atoms with van der Waals surface area (Å²) in [5, 5.41) is 0.399. The van der Waals surface area contributed by atoms with Crippen LogP contribution in [0.15, 0.2) is 46.4 Å². The van der Waals surface area contributed by atoms with Gasteiger partial charge in [0.05, 0.1) is 23.8 Å². The summed E-state index contributed by atoms with van der Waals surface area (Å²) in [5.74, 6) is -0.900. The third-order valence-corrected chi connectivity index (χ3v) is 6.48. The standard InChI is InChI=1S/C17H19BrN2O5S/c1-4-17(26(3,23)24,16(22)25-5-2)8-9-20-11-19-14-10-12(18)6-7-13(14)15(20)21/h4,6-7,10-11H,1,5,8-9H2,2-3H3/t17-/m1/s1. The van der Waals surface area contributed by atoms with Crippen molar-refractivity contribution in [2.24, 2.45) is 0 Å². The van der Waals surface area contributed by atoms with Crippen LogP contribution >= 0.6 is 15.9 Å². The van der Waals surface area contributed by atoms with Gasteiger partial charge < -0.3 is 4.74 Å². The van der Waals surface area contributed by atoms with Crippen molar-refractivity contribution in [2.75, 3.05) is 12.9 Å². The summed E-state index contributed by atoms with van der Waals surface area (Å²) in [4.78, 5) is 29.1. The van der Waals surface area contributed by atoms with Crippen LogP contribution in [0.25, 0.3) is 10.9 Å². The van der Waals surface area contributed by atoms with E-state index in [0.717, 1.165) is 16.8 Å². The van der Waals surface area contributed by atoms with Crippen molar-refractivity contribution in [1.29, 1.82) is 0 Å². The van der Waals surface area contributed by atoms with Gasteiger partial charge in [0.15, 0.2) is 14.6 Å².